The minimum Gasteiger partial charge on any atom is -0.506 e. The van der Waals surface area contributed by atoms with Crippen molar-refractivity contribution < 1.29 is 5.11 Å². The normalized spacial score (nSPS) is 7.90. The second-order valence-corrected chi connectivity index (χ2v) is 1.80. The standard InChI is InChI=1S/C5H4ClNO.C2H6/c6-4-1-5(8)3-7-2-4;1-2/h1-3,8H;1-2H3. The molecule has 1 aromatic heterocycles. The van der Waals surface area contributed by atoms with Crippen molar-refractivity contribution in [2.75, 3.05) is 0 Å². The van der Waals surface area contributed by atoms with Crippen LogP contribution in [0.4, 0.5) is 0 Å². The maximum Gasteiger partial charge on any atom is 0.135 e. The van der Waals surface area contributed by atoms with Gasteiger partial charge in [-0.15, -0.1) is 0 Å². The molecule has 0 spiro atoms. The first kappa shape index (κ1) is 9.24. The molecular weight excluding hydrogens is 150 g/mol. The van der Waals surface area contributed by atoms with E-state index in [0.717, 1.165) is 0 Å². The van der Waals surface area contributed by atoms with Gasteiger partial charge in [0.15, 0.2) is 0 Å². The van der Waals surface area contributed by atoms with Crippen LogP contribution in [0, 0.1) is 0 Å². The monoisotopic (exact) mass is 159 g/mol. The van der Waals surface area contributed by atoms with Crippen LogP contribution >= 0.6 is 11.6 Å². The topological polar surface area (TPSA) is 33.1 Å². The van der Waals surface area contributed by atoms with E-state index in [-0.39, 0.29) is 5.75 Å². The third-order valence-corrected chi connectivity index (χ3v) is 0.897. The van der Waals surface area contributed by atoms with Crippen LogP contribution in [0.25, 0.3) is 0 Å². The number of aromatic nitrogens is 1. The fourth-order valence-corrected chi connectivity index (χ4v) is 0.569. The summed E-state index contributed by atoms with van der Waals surface area (Å²) in [6.45, 7) is 4.00. The lowest BCUT2D eigenvalue weighted by atomic mass is 10.5. The Bertz CT molecular complexity index is 173. The average Bonchev–Trinajstić information content (AvgIpc) is 1.91. The molecular formula is C7H10ClNO. The van der Waals surface area contributed by atoms with Crippen molar-refractivity contribution in [3.63, 3.8) is 0 Å². The summed E-state index contributed by atoms with van der Waals surface area (Å²) in [7, 11) is 0. The van der Waals surface area contributed by atoms with E-state index in [2.05, 4.69) is 4.98 Å². The Morgan fingerprint density at radius 1 is 1.40 bits per heavy atom. The Hall–Kier alpha value is -0.760. The Morgan fingerprint density at radius 2 is 2.00 bits per heavy atom. The van der Waals surface area contributed by atoms with E-state index in [4.69, 9.17) is 16.7 Å². The summed E-state index contributed by atoms with van der Waals surface area (Å²) in [5, 5.41) is 9.12. The molecule has 0 aliphatic rings. The van der Waals surface area contributed by atoms with Gasteiger partial charge < -0.3 is 5.11 Å². The molecule has 0 saturated heterocycles. The molecule has 10 heavy (non-hydrogen) atoms. The van der Waals surface area contributed by atoms with Crippen molar-refractivity contribution in [1.82, 2.24) is 4.98 Å². The number of rotatable bonds is 0. The highest BCUT2D eigenvalue weighted by Gasteiger charge is 1.86. The zero-order chi connectivity index (χ0) is 7.98. The molecule has 1 aromatic rings. The van der Waals surface area contributed by atoms with Gasteiger partial charge in [0.25, 0.3) is 0 Å². The Morgan fingerprint density at radius 3 is 2.30 bits per heavy atom. The first-order valence-corrected chi connectivity index (χ1v) is 3.46. The number of hydrogen-bond donors (Lipinski definition) is 1. The van der Waals surface area contributed by atoms with Gasteiger partial charge in [0, 0.05) is 12.3 Å². The molecule has 56 valence electrons. The molecule has 0 aromatic carbocycles. The number of halogens is 1. The molecule has 0 aliphatic heterocycles. The van der Waals surface area contributed by atoms with Crippen LogP contribution in [-0.4, -0.2) is 10.1 Å². The van der Waals surface area contributed by atoms with Gasteiger partial charge in [-0.1, -0.05) is 25.4 Å². The van der Waals surface area contributed by atoms with Crippen molar-refractivity contribution in [3.8, 4) is 5.75 Å². The van der Waals surface area contributed by atoms with Crippen LogP contribution in [-0.2, 0) is 0 Å². The van der Waals surface area contributed by atoms with Crippen molar-refractivity contribution in [1.29, 1.82) is 0 Å². The SMILES string of the molecule is CC.Oc1cncc(Cl)c1. The average molecular weight is 160 g/mol. The second kappa shape index (κ2) is 5.06. The summed E-state index contributed by atoms with van der Waals surface area (Å²) in [4.78, 5) is 3.60. The highest BCUT2D eigenvalue weighted by molar-refractivity contribution is 6.30. The lowest BCUT2D eigenvalue weighted by molar-refractivity contribution is 0.473. The second-order valence-electron chi connectivity index (χ2n) is 1.36. The lowest BCUT2D eigenvalue weighted by Gasteiger charge is -1.87. The first-order chi connectivity index (χ1) is 4.79. The van der Waals surface area contributed by atoms with Crippen molar-refractivity contribution >= 4 is 11.6 Å². The van der Waals surface area contributed by atoms with Crippen LogP contribution in [0.3, 0.4) is 0 Å². The molecule has 1 rings (SSSR count). The van der Waals surface area contributed by atoms with Crippen LogP contribution < -0.4 is 0 Å². The molecule has 3 heteroatoms. The van der Waals surface area contributed by atoms with Crippen molar-refractivity contribution in [2.45, 2.75) is 13.8 Å². The van der Waals surface area contributed by atoms with Crippen LogP contribution in [0.5, 0.6) is 5.75 Å². The van der Waals surface area contributed by atoms with E-state index < -0.39 is 0 Å². The zero-order valence-corrected chi connectivity index (χ0v) is 6.76. The zero-order valence-electron chi connectivity index (χ0n) is 6.00. The number of nitrogens with zero attached hydrogens (tertiary/aromatic N) is 1. The molecule has 0 bridgehead atoms. The van der Waals surface area contributed by atoms with Crippen molar-refractivity contribution in [3.05, 3.63) is 23.5 Å². The van der Waals surface area contributed by atoms with Gasteiger partial charge in [-0.2, -0.15) is 0 Å². The van der Waals surface area contributed by atoms with E-state index in [1.165, 1.54) is 18.5 Å². The third-order valence-electron chi connectivity index (χ3n) is 0.690. The summed E-state index contributed by atoms with van der Waals surface area (Å²) in [5.41, 5.74) is 0. The van der Waals surface area contributed by atoms with Gasteiger partial charge in [-0.05, 0) is 0 Å². The summed E-state index contributed by atoms with van der Waals surface area (Å²) >= 11 is 5.42. The largest absolute Gasteiger partial charge is 0.506 e. The van der Waals surface area contributed by atoms with Gasteiger partial charge in [-0.25, -0.2) is 0 Å². The maximum atomic E-state index is 8.67. The third kappa shape index (κ3) is 3.30. The van der Waals surface area contributed by atoms with Crippen LogP contribution in [0.1, 0.15) is 13.8 Å². The van der Waals surface area contributed by atoms with E-state index in [1.54, 1.807) is 0 Å². The molecule has 0 radical (unpaired) electrons. The lowest BCUT2D eigenvalue weighted by Crippen LogP contribution is -1.68. The van der Waals surface area contributed by atoms with E-state index in [9.17, 15) is 0 Å². The minimum atomic E-state index is 0.0949. The minimum absolute atomic E-state index is 0.0949. The first-order valence-electron chi connectivity index (χ1n) is 3.08. The quantitative estimate of drug-likeness (QED) is 0.631. The Kier molecular flexibility index (Phi) is 4.67. The molecule has 0 amide bonds. The number of hydrogen-bond acceptors (Lipinski definition) is 2. The van der Waals surface area contributed by atoms with Crippen LogP contribution in [0.15, 0.2) is 18.5 Å². The molecule has 2 nitrogen and oxygen atoms in total. The molecule has 0 unspecified atom stereocenters. The van der Waals surface area contributed by atoms with Gasteiger partial charge in [0.05, 0.1) is 11.2 Å². The fourth-order valence-electron chi connectivity index (χ4n) is 0.401. The number of pyridine rings is 1. The van der Waals surface area contributed by atoms with Gasteiger partial charge in [0.1, 0.15) is 5.75 Å². The molecule has 0 aliphatic carbocycles. The molecule has 0 fully saturated rings. The Balaban J connectivity index is 0.000000371. The summed E-state index contributed by atoms with van der Waals surface area (Å²) in [6.07, 6.45) is 2.78. The van der Waals surface area contributed by atoms with E-state index in [0.29, 0.717) is 5.02 Å². The predicted molar refractivity (Wildman–Crippen MR) is 42.3 cm³/mol. The van der Waals surface area contributed by atoms with Gasteiger partial charge in [-0.3, -0.25) is 4.98 Å². The van der Waals surface area contributed by atoms with Crippen LogP contribution in [0.2, 0.25) is 5.02 Å². The summed E-state index contributed by atoms with van der Waals surface area (Å²) in [5.74, 6) is 0.0949. The highest BCUT2D eigenvalue weighted by Crippen LogP contribution is 2.12. The molecule has 1 heterocycles. The maximum absolute atomic E-state index is 8.67. The fraction of sp³-hybridized carbons (Fsp3) is 0.286. The number of aromatic hydroxyl groups is 1. The van der Waals surface area contributed by atoms with E-state index >= 15 is 0 Å². The Labute approximate surface area is 65.5 Å². The van der Waals surface area contributed by atoms with Gasteiger partial charge >= 0.3 is 0 Å². The smallest absolute Gasteiger partial charge is 0.135 e. The van der Waals surface area contributed by atoms with E-state index in [1.807, 2.05) is 13.8 Å². The molecule has 0 atom stereocenters. The molecule has 1 N–H and O–H groups in total. The summed E-state index contributed by atoms with van der Waals surface area (Å²) < 4.78 is 0. The highest BCUT2D eigenvalue weighted by atomic mass is 35.5. The molecule has 0 saturated carbocycles. The summed E-state index contributed by atoms with van der Waals surface area (Å²) in [6, 6.07) is 1.43. The predicted octanol–water partition coefficient (Wildman–Crippen LogP) is 2.47. The van der Waals surface area contributed by atoms with Crippen molar-refractivity contribution in [2.24, 2.45) is 0 Å². The van der Waals surface area contributed by atoms with Gasteiger partial charge in [0.2, 0.25) is 0 Å².